The van der Waals surface area contributed by atoms with Crippen LogP contribution >= 0.6 is 0 Å². The zero-order valence-electron chi connectivity index (χ0n) is 8.32. The maximum absolute atomic E-state index is 12.2. The van der Waals surface area contributed by atoms with Gasteiger partial charge in [0.25, 0.3) is 0 Å². The Labute approximate surface area is 85.5 Å². The molecule has 0 atom stereocenters. The highest BCUT2D eigenvalue weighted by Gasteiger charge is 2.42. The summed E-state index contributed by atoms with van der Waals surface area (Å²) in [6.45, 7) is 0. The fourth-order valence-corrected chi connectivity index (χ4v) is 1.62. The van der Waals surface area contributed by atoms with Gasteiger partial charge in [0.1, 0.15) is 5.76 Å². The summed E-state index contributed by atoms with van der Waals surface area (Å²) in [4.78, 5) is 0. The highest BCUT2D eigenvalue weighted by molar-refractivity contribution is 5.16. The number of hydrogen-bond acceptors (Lipinski definition) is 2. The largest absolute Gasteiger partial charge is 0.456 e. The second-order valence-electron chi connectivity index (χ2n) is 3.97. The van der Waals surface area contributed by atoms with Crippen molar-refractivity contribution in [3.63, 3.8) is 0 Å². The van der Waals surface area contributed by atoms with E-state index in [-0.39, 0.29) is 5.54 Å². The fourth-order valence-electron chi connectivity index (χ4n) is 1.62. The van der Waals surface area contributed by atoms with Crippen LogP contribution in [-0.4, -0.2) is 12.6 Å². The molecular weight excluding hydrogens is 207 g/mol. The van der Waals surface area contributed by atoms with Crippen LogP contribution in [0.1, 0.15) is 24.4 Å². The van der Waals surface area contributed by atoms with Crippen molar-refractivity contribution in [2.24, 2.45) is 0 Å². The summed E-state index contributed by atoms with van der Waals surface area (Å²) in [7, 11) is 1.82. The van der Waals surface area contributed by atoms with Gasteiger partial charge in [-0.3, -0.25) is 0 Å². The van der Waals surface area contributed by atoms with E-state index in [0.717, 1.165) is 18.9 Å². The van der Waals surface area contributed by atoms with Gasteiger partial charge in [0.15, 0.2) is 0 Å². The molecule has 0 radical (unpaired) electrons. The molecule has 15 heavy (non-hydrogen) atoms. The lowest BCUT2D eigenvalue weighted by Gasteiger charge is -2.11. The van der Waals surface area contributed by atoms with Crippen molar-refractivity contribution in [2.45, 2.75) is 31.0 Å². The lowest BCUT2D eigenvalue weighted by molar-refractivity contribution is -0.153. The molecule has 0 amide bonds. The molecule has 1 heterocycles. The van der Waals surface area contributed by atoms with Gasteiger partial charge in [0.2, 0.25) is 5.76 Å². The van der Waals surface area contributed by atoms with Crippen molar-refractivity contribution in [1.29, 1.82) is 0 Å². The van der Waals surface area contributed by atoms with Crippen LogP contribution in [0, 0.1) is 0 Å². The number of furan rings is 1. The number of hydrogen-bond donors (Lipinski definition) is 1. The summed E-state index contributed by atoms with van der Waals surface area (Å²) in [5, 5.41) is 3.11. The maximum Gasteiger partial charge on any atom is 0.449 e. The quantitative estimate of drug-likeness (QED) is 0.845. The van der Waals surface area contributed by atoms with E-state index in [9.17, 15) is 13.2 Å². The lowest BCUT2D eigenvalue weighted by atomic mass is 10.1. The van der Waals surface area contributed by atoms with Crippen LogP contribution in [0.5, 0.6) is 0 Å². The molecule has 1 saturated carbocycles. The van der Waals surface area contributed by atoms with Crippen molar-refractivity contribution < 1.29 is 17.6 Å². The second-order valence-corrected chi connectivity index (χ2v) is 3.97. The minimum Gasteiger partial charge on any atom is -0.456 e. The van der Waals surface area contributed by atoms with Crippen LogP contribution in [-0.2, 0) is 12.6 Å². The summed E-state index contributed by atoms with van der Waals surface area (Å²) in [5.74, 6) is -0.515. The summed E-state index contributed by atoms with van der Waals surface area (Å²) in [6.07, 6.45) is -1.87. The van der Waals surface area contributed by atoms with Crippen LogP contribution in [0.4, 0.5) is 13.2 Å². The molecule has 1 aliphatic rings. The molecule has 1 aromatic rings. The number of rotatable bonds is 3. The molecule has 0 saturated heterocycles. The second kappa shape index (κ2) is 3.27. The maximum atomic E-state index is 12.2. The van der Waals surface area contributed by atoms with Crippen molar-refractivity contribution in [1.82, 2.24) is 5.32 Å². The van der Waals surface area contributed by atoms with Gasteiger partial charge in [-0.2, -0.15) is 13.2 Å². The van der Waals surface area contributed by atoms with Crippen molar-refractivity contribution in [3.05, 3.63) is 23.7 Å². The van der Waals surface area contributed by atoms with E-state index in [2.05, 4.69) is 5.32 Å². The summed E-state index contributed by atoms with van der Waals surface area (Å²) in [6, 6.07) is 2.39. The molecule has 0 spiro atoms. The van der Waals surface area contributed by atoms with E-state index in [1.54, 1.807) is 0 Å². The average molecular weight is 219 g/mol. The van der Waals surface area contributed by atoms with E-state index in [0.29, 0.717) is 12.2 Å². The van der Waals surface area contributed by atoms with Crippen molar-refractivity contribution in [2.75, 3.05) is 7.05 Å². The summed E-state index contributed by atoms with van der Waals surface area (Å²) >= 11 is 0. The van der Waals surface area contributed by atoms with Crippen LogP contribution in [0.3, 0.4) is 0 Å². The van der Waals surface area contributed by atoms with Gasteiger partial charge in [-0.1, -0.05) is 0 Å². The number of halogens is 3. The van der Waals surface area contributed by atoms with Crippen molar-refractivity contribution in [3.8, 4) is 0 Å². The molecule has 1 aromatic heterocycles. The lowest BCUT2D eigenvalue weighted by Crippen LogP contribution is -2.29. The Hall–Kier alpha value is -0.970. The number of alkyl halides is 3. The fraction of sp³-hybridized carbons (Fsp3) is 0.600. The van der Waals surface area contributed by atoms with E-state index in [4.69, 9.17) is 4.42 Å². The number of nitrogens with one attached hydrogen (secondary N) is 1. The SMILES string of the molecule is CNC1(Cc2ccc(C(F)(F)F)o2)CC1. The molecule has 1 aliphatic carbocycles. The third-order valence-corrected chi connectivity index (χ3v) is 2.84. The van der Waals surface area contributed by atoms with Crippen LogP contribution < -0.4 is 5.32 Å². The standard InChI is InChI=1S/C10H12F3NO/c1-14-9(4-5-9)6-7-2-3-8(15-7)10(11,12)13/h2-3,14H,4-6H2,1H3. The van der Waals surface area contributed by atoms with E-state index in [1.165, 1.54) is 6.07 Å². The Morgan fingerprint density at radius 1 is 1.40 bits per heavy atom. The molecule has 1 fully saturated rings. The van der Waals surface area contributed by atoms with Crippen LogP contribution in [0.15, 0.2) is 16.5 Å². The molecule has 2 rings (SSSR count). The summed E-state index contributed by atoms with van der Waals surface area (Å²) in [5.41, 5.74) is -0.0271. The molecule has 0 aliphatic heterocycles. The van der Waals surface area contributed by atoms with Gasteiger partial charge in [-0.15, -0.1) is 0 Å². The third-order valence-electron chi connectivity index (χ3n) is 2.84. The molecule has 84 valence electrons. The summed E-state index contributed by atoms with van der Waals surface area (Å²) < 4.78 is 41.4. The highest BCUT2D eigenvalue weighted by atomic mass is 19.4. The number of likely N-dealkylation sites (N-methyl/N-ethyl adjacent to an activating group) is 1. The molecule has 1 N–H and O–H groups in total. The van der Waals surface area contributed by atoms with E-state index in [1.807, 2.05) is 7.05 Å². The first-order valence-corrected chi connectivity index (χ1v) is 4.80. The minimum atomic E-state index is -4.38. The normalized spacial score (nSPS) is 19.2. The van der Waals surface area contributed by atoms with Gasteiger partial charge in [0, 0.05) is 12.0 Å². The van der Waals surface area contributed by atoms with Gasteiger partial charge >= 0.3 is 6.18 Å². The zero-order valence-corrected chi connectivity index (χ0v) is 8.32. The van der Waals surface area contributed by atoms with E-state index >= 15 is 0 Å². The Morgan fingerprint density at radius 2 is 2.07 bits per heavy atom. The smallest absolute Gasteiger partial charge is 0.449 e. The molecule has 5 heteroatoms. The first-order valence-electron chi connectivity index (χ1n) is 4.80. The predicted octanol–water partition coefficient (Wildman–Crippen LogP) is 2.59. The van der Waals surface area contributed by atoms with Crippen LogP contribution in [0.2, 0.25) is 0 Å². The molecule has 0 bridgehead atoms. The molecule has 0 unspecified atom stereocenters. The van der Waals surface area contributed by atoms with Gasteiger partial charge < -0.3 is 9.73 Å². The third kappa shape index (κ3) is 2.17. The molecule has 0 aromatic carbocycles. The highest BCUT2D eigenvalue weighted by Crippen LogP contribution is 2.39. The first kappa shape index (κ1) is 10.5. The first-order chi connectivity index (χ1) is 6.95. The Morgan fingerprint density at radius 3 is 2.47 bits per heavy atom. The Kier molecular flexibility index (Phi) is 2.30. The van der Waals surface area contributed by atoms with E-state index < -0.39 is 11.9 Å². The average Bonchev–Trinajstić information content (AvgIpc) is 2.73. The molecule has 2 nitrogen and oxygen atoms in total. The van der Waals surface area contributed by atoms with Crippen molar-refractivity contribution >= 4 is 0 Å². The predicted molar refractivity (Wildman–Crippen MR) is 48.4 cm³/mol. The Balaban J connectivity index is 2.08. The van der Waals surface area contributed by atoms with Gasteiger partial charge in [-0.25, -0.2) is 0 Å². The zero-order chi connectivity index (χ0) is 11.1. The monoisotopic (exact) mass is 219 g/mol. The Bertz CT molecular complexity index is 352. The van der Waals surface area contributed by atoms with Gasteiger partial charge in [-0.05, 0) is 32.0 Å². The van der Waals surface area contributed by atoms with Gasteiger partial charge in [0.05, 0.1) is 0 Å². The molecular formula is C10H12F3NO. The van der Waals surface area contributed by atoms with Crippen LogP contribution in [0.25, 0.3) is 0 Å². The topological polar surface area (TPSA) is 25.2 Å². The minimum absolute atomic E-state index is 0.0271.